The maximum atomic E-state index is 13.6. The molecule has 2 amide bonds. The first-order chi connectivity index (χ1) is 15.9. The molecule has 0 saturated carbocycles. The molecule has 1 N–H and O–H groups in total. The largest absolute Gasteiger partial charge is 0.355 e. The monoisotopic (exact) mass is 482 g/mol. The Balaban J connectivity index is 1.97. The predicted octanol–water partition coefficient (Wildman–Crippen LogP) is 5.62. The number of carbonyl (C=O) groups is 2. The van der Waals surface area contributed by atoms with Crippen LogP contribution in [-0.4, -0.2) is 29.3 Å². The molecule has 1 atom stereocenters. The maximum Gasteiger partial charge on any atom is 0.243 e. The van der Waals surface area contributed by atoms with Crippen LogP contribution >= 0.6 is 23.2 Å². The standard InChI is InChI=1S/C27H28Cl2N2O2/c1-3-30-27(33)25(16-20-9-5-4-6-10-20)31(18-22-12-13-23(28)24(29)15-22)26(32)17-21-11-7-8-19(2)14-21/h4-15,25H,3,16-18H2,1-2H3,(H,30,33)/t25-/m1/s1. The van der Waals surface area contributed by atoms with E-state index in [2.05, 4.69) is 5.32 Å². The average molecular weight is 483 g/mol. The number of hydrogen-bond donors (Lipinski definition) is 1. The Morgan fingerprint density at radius 3 is 2.27 bits per heavy atom. The van der Waals surface area contributed by atoms with Crippen LogP contribution < -0.4 is 5.32 Å². The Morgan fingerprint density at radius 2 is 1.61 bits per heavy atom. The summed E-state index contributed by atoms with van der Waals surface area (Å²) in [7, 11) is 0. The first-order valence-corrected chi connectivity index (χ1v) is 11.7. The number of benzene rings is 3. The topological polar surface area (TPSA) is 49.4 Å². The number of amides is 2. The third-order valence-corrected chi connectivity index (χ3v) is 6.14. The van der Waals surface area contributed by atoms with Gasteiger partial charge in [-0.15, -0.1) is 0 Å². The summed E-state index contributed by atoms with van der Waals surface area (Å²) in [4.78, 5) is 28.4. The summed E-state index contributed by atoms with van der Waals surface area (Å²) in [6.07, 6.45) is 0.612. The van der Waals surface area contributed by atoms with Crippen LogP contribution in [0.3, 0.4) is 0 Å². The molecule has 4 nitrogen and oxygen atoms in total. The van der Waals surface area contributed by atoms with Crippen molar-refractivity contribution in [1.29, 1.82) is 0 Å². The number of nitrogens with one attached hydrogen (secondary N) is 1. The number of halogens is 2. The molecule has 0 aromatic heterocycles. The summed E-state index contributed by atoms with van der Waals surface area (Å²) in [5.41, 5.74) is 3.79. The molecule has 0 heterocycles. The molecule has 0 saturated heterocycles. The summed E-state index contributed by atoms with van der Waals surface area (Å²) < 4.78 is 0. The van der Waals surface area contributed by atoms with Gasteiger partial charge >= 0.3 is 0 Å². The highest BCUT2D eigenvalue weighted by Gasteiger charge is 2.30. The van der Waals surface area contributed by atoms with Gasteiger partial charge in [0.05, 0.1) is 16.5 Å². The van der Waals surface area contributed by atoms with Crippen LogP contribution in [0, 0.1) is 6.92 Å². The second kappa shape index (κ2) is 11.9. The lowest BCUT2D eigenvalue weighted by Crippen LogP contribution is -2.50. The van der Waals surface area contributed by atoms with Crippen LogP contribution in [0.25, 0.3) is 0 Å². The number of aryl methyl sites for hydroxylation is 1. The van der Waals surface area contributed by atoms with E-state index in [1.807, 2.05) is 74.5 Å². The van der Waals surface area contributed by atoms with Gasteiger partial charge in [-0.25, -0.2) is 0 Å². The van der Waals surface area contributed by atoms with Crippen molar-refractivity contribution in [2.24, 2.45) is 0 Å². The molecule has 33 heavy (non-hydrogen) atoms. The van der Waals surface area contributed by atoms with Crippen molar-refractivity contribution >= 4 is 35.0 Å². The molecule has 0 fully saturated rings. The van der Waals surface area contributed by atoms with Gasteiger partial charge in [0.1, 0.15) is 6.04 Å². The van der Waals surface area contributed by atoms with E-state index >= 15 is 0 Å². The highest BCUT2D eigenvalue weighted by Crippen LogP contribution is 2.24. The Bertz CT molecular complexity index is 1100. The molecule has 0 spiro atoms. The Morgan fingerprint density at radius 1 is 0.879 bits per heavy atom. The second-order valence-corrected chi connectivity index (χ2v) is 8.85. The number of carbonyl (C=O) groups excluding carboxylic acids is 2. The molecule has 0 radical (unpaired) electrons. The minimum atomic E-state index is -0.667. The van der Waals surface area contributed by atoms with E-state index in [9.17, 15) is 9.59 Å². The second-order valence-electron chi connectivity index (χ2n) is 8.04. The van der Waals surface area contributed by atoms with Crippen LogP contribution in [0.2, 0.25) is 10.0 Å². The van der Waals surface area contributed by atoms with Gasteiger partial charge in [0.25, 0.3) is 0 Å². The molecule has 0 aliphatic carbocycles. The Labute approximate surface area is 205 Å². The van der Waals surface area contributed by atoms with Crippen LogP contribution in [0.4, 0.5) is 0 Å². The molecule has 0 bridgehead atoms. The van der Waals surface area contributed by atoms with Crippen molar-refractivity contribution < 1.29 is 9.59 Å². The first-order valence-electron chi connectivity index (χ1n) is 11.0. The number of likely N-dealkylation sites (N-methyl/N-ethyl adjacent to an activating group) is 1. The molecular formula is C27H28Cl2N2O2. The van der Waals surface area contributed by atoms with E-state index in [1.165, 1.54) is 0 Å². The van der Waals surface area contributed by atoms with Gasteiger partial charge in [0.2, 0.25) is 11.8 Å². The zero-order valence-electron chi connectivity index (χ0n) is 18.9. The third kappa shape index (κ3) is 7.08. The fraction of sp³-hybridized carbons (Fsp3) is 0.259. The van der Waals surface area contributed by atoms with E-state index in [0.717, 1.165) is 22.3 Å². The van der Waals surface area contributed by atoms with Crippen molar-refractivity contribution in [3.05, 3.63) is 105 Å². The van der Waals surface area contributed by atoms with E-state index in [-0.39, 0.29) is 24.8 Å². The van der Waals surface area contributed by atoms with Crippen molar-refractivity contribution in [3.63, 3.8) is 0 Å². The zero-order valence-corrected chi connectivity index (χ0v) is 20.4. The summed E-state index contributed by atoms with van der Waals surface area (Å²) in [5.74, 6) is -0.308. The quantitative estimate of drug-likeness (QED) is 0.430. The molecule has 3 aromatic carbocycles. The Kier molecular flexibility index (Phi) is 8.93. The minimum absolute atomic E-state index is 0.126. The lowest BCUT2D eigenvalue weighted by atomic mass is 10.0. The number of hydrogen-bond acceptors (Lipinski definition) is 2. The summed E-state index contributed by atoms with van der Waals surface area (Å²) in [6, 6.07) is 22.2. The number of rotatable bonds is 9. The van der Waals surface area contributed by atoms with E-state index in [0.29, 0.717) is 23.0 Å². The molecule has 0 unspecified atom stereocenters. The van der Waals surface area contributed by atoms with Gasteiger partial charge in [-0.05, 0) is 42.7 Å². The van der Waals surface area contributed by atoms with Gasteiger partial charge in [0, 0.05) is 19.5 Å². The van der Waals surface area contributed by atoms with Crippen LogP contribution in [0.5, 0.6) is 0 Å². The fourth-order valence-corrected chi connectivity index (χ4v) is 4.10. The van der Waals surface area contributed by atoms with Gasteiger partial charge in [-0.2, -0.15) is 0 Å². The van der Waals surface area contributed by atoms with E-state index in [4.69, 9.17) is 23.2 Å². The van der Waals surface area contributed by atoms with Crippen LogP contribution in [0.1, 0.15) is 29.2 Å². The van der Waals surface area contributed by atoms with Crippen LogP contribution in [0.15, 0.2) is 72.8 Å². The van der Waals surface area contributed by atoms with Crippen molar-refractivity contribution in [3.8, 4) is 0 Å². The lowest BCUT2D eigenvalue weighted by molar-refractivity contribution is -0.140. The zero-order chi connectivity index (χ0) is 23.8. The molecule has 0 aliphatic heterocycles. The van der Waals surface area contributed by atoms with Crippen molar-refractivity contribution in [2.75, 3.05) is 6.54 Å². The Hall–Kier alpha value is -2.82. The van der Waals surface area contributed by atoms with Gasteiger partial charge in [-0.1, -0.05) is 89.4 Å². The fourth-order valence-electron chi connectivity index (χ4n) is 3.78. The smallest absolute Gasteiger partial charge is 0.243 e. The molecule has 6 heteroatoms. The predicted molar refractivity (Wildman–Crippen MR) is 135 cm³/mol. The highest BCUT2D eigenvalue weighted by molar-refractivity contribution is 6.42. The third-order valence-electron chi connectivity index (χ3n) is 5.40. The molecule has 172 valence electrons. The van der Waals surface area contributed by atoms with Crippen molar-refractivity contribution in [1.82, 2.24) is 10.2 Å². The molecule has 3 rings (SSSR count). The first kappa shape index (κ1) is 24.8. The average Bonchev–Trinajstić information content (AvgIpc) is 2.79. The minimum Gasteiger partial charge on any atom is -0.355 e. The highest BCUT2D eigenvalue weighted by atomic mass is 35.5. The van der Waals surface area contributed by atoms with E-state index in [1.54, 1.807) is 17.0 Å². The molecule has 0 aliphatic rings. The molecule has 3 aromatic rings. The molecular weight excluding hydrogens is 455 g/mol. The maximum absolute atomic E-state index is 13.6. The summed E-state index contributed by atoms with van der Waals surface area (Å²) in [5, 5.41) is 3.76. The van der Waals surface area contributed by atoms with Gasteiger partial charge < -0.3 is 10.2 Å². The van der Waals surface area contributed by atoms with Crippen molar-refractivity contribution in [2.45, 2.75) is 39.3 Å². The van der Waals surface area contributed by atoms with Crippen LogP contribution in [-0.2, 0) is 29.0 Å². The van der Waals surface area contributed by atoms with E-state index < -0.39 is 6.04 Å². The van der Waals surface area contributed by atoms with Gasteiger partial charge in [-0.3, -0.25) is 9.59 Å². The normalized spacial score (nSPS) is 11.6. The lowest BCUT2D eigenvalue weighted by Gasteiger charge is -2.31. The number of nitrogens with zero attached hydrogens (tertiary/aromatic N) is 1. The SMILES string of the molecule is CCNC(=O)[C@@H](Cc1ccccc1)N(Cc1ccc(Cl)c(Cl)c1)C(=O)Cc1cccc(C)c1. The summed E-state index contributed by atoms with van der Waals surface area (Å²) >= 11 is 12.3. The summed E-state index contributed by atoms with van der Waals surface area (Å²) in [6.45, 7) is 4.59. The van der Waals surface area contributed by atoms with Gasteiger partial charge in [0.15, 0.2) is 0 Å².